The lowest BCUT2D eigenvalue weighted by molar-refractivity contribution is 0.387. The number of nitrogens with one attached hydrogen (secondary N) is 2. The van der Waals surface area contributed by atoms with Crippen LogP contribution in [0, 0.1) is 6.92 Å². The molecule has 0 saturated carbocycles. The lowest BCUT2D eigenvalue weighted by Crippen LogP contribution is -2.37. The number of halogens is 1. The molecule has 0 radical (unpaired) electrons. The summed E-state index contributed by atoms with van der Waals surface area (Å²) in [4.78, 5) is 8.64. The van der Waals surface area contributed by atoms with Gasteiger partial charge in [-0.15, -0.1) is 24.0 Å². The van der Waals surface area contributed by atoms with Crippen molar-refractivity contribution in [2.45, 2.75) is 53.0 Å². The van der Waals surface area contributed by atoms with Crippen LogP contribution in [0.5, 0.6) is 0 Å². The van der Waals surface area contributed by atoms with Crippen LogP contribution in [-0.4, -0.2) is 29.2 Å². The van der Waals surface area contributed by atoms with E-state index in [1.165, 1.54) is 11.1 Å². The first-order chi connectivity index (χ1) is 12.1. The van der Waals surface area contributed by atoms with Crippen molar-refractivity contribution in [1.29, 1.82) is 0 Å². The minimum atomic E-state index is 0. The van der Waals surface area contributed by atoms with Gasteiger partial charge in [0.05, 0.1) is 0 Å². The van der Waals surface area contributed by atoms with Crippen molar-refractivity contribution in [3.05, 3.63) is 47.1 Å². The molecule has 2 rings (SSSR count). The summed E-state index contributed by atoms with van der Waals surface area (Å²) in [5.74, 6) is 2.52. The van der Waals surface area contributed by atoms with Crippen molar-refractivity contribution in [1.82, 2.24) is 20.8 Å². The van der Waals surface area contributed by atoms with Gasteiger partial charge < -0.3 is 15.2 Å². The fourth-order valence-corrected chi connectivity index (χ4v) is 2.47. The maximum absolute atomic E-state index is 4.96. The second-order valence-electron chi connectivity index (χ2n) is 6.35. The normalized spacial score (nSPS) is 11.3. The van der Waals surface area contributed by atoms with E-state index in [2.05, 4.69) is 63.9 Å². The highest BCUT2D eigenvalue weighted by atomic mass is 127. The first-order valence-corrected chi connectivity index (χ1v) is 8.98. The molecule has 2 aromatic rings. The molecule has 0 aliphatic carbocycles. The number of hydrogen-bond acceptors (Lipinski definition) is 4. The van der Waals surface area contributed by atoms with Gasteiger partial charge in [-0.25, -0.2) is 4.99 Å². The Morgan fingerprint density at radius 2 is 1.92 bits per heavy atom. The Bertz CT molecular complexity index is 667. The van der Waals surface area contributed by atoms with Gasteiger partial charge in [-0.3, -0.25) is 0 Å². The van der Waals surface area contributed by atoms with Gasteiger partial charge in [0.1, 0.15) is 6.54 Å². The molecule has 144 valence electrons. The molecule has 0 bridgehead atoms. The van der Waals surface area contributed by atoms with Crippen LogP contribution in [0.15, 0.2) is 33.8 Å². The number of hydrogen-bond donors (Lipinski definition) is 2. The topological polar surface area (TPSA) is 75.3 Å². The maximum Gasteiger partial charge on any atom is 0.223 e. The summed E-state index contributed by atoms with van der Waals surface area (Å²) in [6.07, 6.45) is 2.10. The van der Waals surface area contributed by atoms with Crippen LogP contribution in [0.3, 0.4) is 0 Å². The minimum absolute atomic E-state index is 0. The molecule has 1 aromatic heterocycles. The van der Waals surface area contributed by atoms with Gasteiger partial charge >= 0.3 is 0 Å². The summed E-state index contributed by atoms with van der Waals surface area (Å²) in [6, 6.07) is 8.91. The average Bonchev–Trinajstić information content (AvgIpc) is 3.02. The van der Waals surface area contributed by atoms with Crippen molar-refractivity contribution in [2.75, 3.05) is 13.1 Å². The van der Waals surface area contributed by atoms with E-state index < -0.39 is 0 Å². The summed E-state index contributed by atoms with van der Waals surface area (Å²) >= 11 is 0. The predicted molar refractivity (Wildman–Crippen MR) is 116 cm³/mol. The van der Waals surface area contributed by atoms with E-state index in [0.29, 0.717) is 24.2 Å². The van der Waals surface area contributed by atoms with Crippen LogP contribution < -0.4 is 10.6 Å². The molecule has 7 heteroatoms. The zero-order chi connectivity index (χ0) is 18.1. The quantitative estimate of drug-likeness (QED) is 0.265. The highest BCUT2D eigenvalue weighted by Gasteiger charge is 2.03. The first-order valence-electron chi connectivity index (χ1n) is 8.98. The fraction of sp³-hybridized carbons (Fsp3) is 0.526. The summed E-state index contributed by atoms with van der Waals surface area (Å²) in [5.41, 5.74) is 2.76. The SMILES string of the molecule is CCNC(=NCc1noc(C)n1)NCCCc1ccc(C(C)C)cc1.I. The Morgan fingerprint density at radius 1 is 1.19 bits per heavy atom. The standard InChI is InChI=1S/C19H29N5O.HI/c1-5-20-19(22-13-18-23-15(4)25-24-18)21-12-6-7-16-8-10-17(11-9-16)14(2)3;/h8-11,14H,5-7,12-13H2,1-4H3,(H2,20,21,22);1H. The van der Waals surface area contributed by atoms with E-state index in [1.54, 1.807) is 6.92 Å². The molecule has 0 saturated heterocycles. The number of aromatic nitrogens is 2. The molecule has 0 aliphatic rings. The molecule has 0 unspecified atom stereocenters. The van der Waals surface area contributed by atoms with Crippen molar-refractivity contribution < 1.29 is 4.52 Å². The molecule has 1 aromatic carbocycles. The van der Waals surface area contributed by atoms with E-state index in [-0.39, 0.29) is 24.0 Å². The van der Waals surface area contributed by atoms with Crippen molar-refractivity contribution >= 4 is 29.9 Å². The molecule has 0 amide bonds. The Hall–Kier alpha value is -1.64. The monoisotopic (exact) mass is 471 g/mol. The summed E-state index contributed by atoms with van der Waals surface area (Å²) in [5, 5.41) is 10.4. The highest BCUT2D eigenvalue weighted by Crippen LogP contribution is 2.15. The van der Waals surface area contributed by atoms with Gasteiger partial charge in [0.25, 0.3) is 0 Å². The van der Waals surface area contributed by atoms with Crippen molar-refractivity contribution in [3.8, 4) is 0 Å². The number of aliphatic imine (C=N–C) groups is 1. The van der Waals surface area contributed by atoms with E-state index in [9.17, 15) is 0 Å². The molecule has 0 aliphatic heterocycles. The van der Waals surface area contributed by atoms with Gasteiger partial charge in [0.2, 0.25) is 5.89 Å². The summed E-state index contributed by atoms with van der Waals surface area (Å²) in [6.45, 7) is 10.3. The Balaban J connectivity index is 0.00000338. The molecule has 26 heavy (non-hydrogen) atoms. The summed E-state index contributed by atoms with van der Waals surface area (Å²) in [7, 11) is 0. The van der Waals surface area contributed by atoms with E-state index in [0.717, 1.165) is 31.9 Å². The number of guanidine groups is 1. The molecule has 0 atom stereocenters. The smallest absolute Gasteiger partial charge is 0.223 e. The molecular weight excluding hydrogens is 441 g/mol. The lowest BCUT2D eigenvalue weighted by atomic mass is 10.0. The van der Waals surface area contributed by atoms with E-state index in [4.69, 9.17) is 4.52 Å². The van der Waals surface area contributed by atoms with Crippen molar-refractivity contribution in [3.63, 3.8) is 0 Å². The van der Waals surface area contributed by atoms with E-state index in [1.807, 2.05) is 6.92 Å². The summed E-state index contributed by atoms with van der Waals surface area (Å²) < 4.78 is 4.96. The molecule has 6 nitrogen and oxygen atoms in total. The largest absolute Gasteiger partial charge is 0.357 e. The molecule has 2 N–H and O–H groups in total. The predicted octanol–water partition coefficient (Wildman–Crippen LogP) is 3.81. The fourth-order valence-electron chi connectivity index (χ4n) is 2.47. The van der Waals surface area contributed by atoms with Crippen LogP contribution in [0.25, 0.3) is 0 Å². The zero-order valence-corrected chi connectivity index (χ0v) is 18.4. The van der Waals surface area contributed by atoms with Crippen LogP contribution in [0.1, 0.15) is 56.0 Å². The number of aryl methyl sites for hydroxylation is 2. The third-order valence-electron chi connectivity index (χ3n) is 3.87. The van der Waals surface area contributed by atoms with Gasteiger partial charge in [-0.05, 0) is 36.8 Å². The zero-order valence-electron chi connectivity index (χ0n) is 16.1. The number of nitrogens with zero attached hydrogens (tertiary/aromatic N) is 3. The van der Waals surface area contributed by atoms with E-state index >= 15 is 0 Å². The Morgan fingerprint density at radius 3 is 2.50 bits per heavy atom. The Kier molecular flexibility index (Phi) is 10.2. The maximum atomic E-state index is 4.96. The molecule has 0 fully saturated rings. The highest BCUT2D eigenvalue weighted by molar-refractivity contribution is 14.0. The number of rotatable bonds is 8. The average molecular weight is 471 g/mol. The second kappa shape index (κ2) is 11.9. The van der Waals surface area contributed by atoms with Gasteiger partial charge in [-0.1, -0.05) is 43.3 Å². The first kappa shape index (κ1) is 22.4. The van der Waals surface area contributed by atoms with Gasteiger partial charge in [0.15, 0.2) is 11.8 Å². The third kappa shape index (κ3) is 7.72. The van der Waals surface area contributed by atoms with Crippen LogP contribution in [-0.2, 0) is 13.0 Å². The van der Waals surface area contributed by atoms with Crippen LogP contribution in [0.2, 0.25) is 0 Å². The minimum Gasteiger partial charge on any atom is -0.357 e. The molecular formula is C19H30IN5O. The van der Waals surface area contributed by atoms with Gasteiger partial charge in [0, 0.05) is 20.0 Å². The number of benzene rings is 1. The van der Waals surface area contributed by atoms with Gasteiger partial charge in [-0.2, -0.15) is 4.98 Å². The molecule has 0 spiro atoms. The van der Waals surface area contributed by atoms with Crippen molar-refractivity contribution in [2.24, 2.45) is 4.99 Å². The lowest BCUT2D eigenvalue weighted by Gasteiger charge is -2.11. The van der Waals surface area contributed by atoms with Crippen LogP contribution >= 0.6 is 24.0 Å². The molecule has 1 heterocycles. The van der Waals surface area contributed by atoms with Crippen LogP contribution in [0.4, 0.5) is 0 Å². The Labute approximate surface area is 173 Å². The third-order valence-corrected chi connectivity index (χ3v) is 3.87. The second-order valence-corrected chi connectivity index (χ2v) is 6.35.